The number of anilines is 1. The molecule has 166 valence electrons. The number of phosphoric acid groups is 3. The Labute approximate surface area is 160 Å². The number of hydrogen-bond donors (Lipinski definition) is 6. The molecule has 29 heavy (non-hydrogen) atoms. The summed E-state index contributed by atoms with van der Waals surface area (Å²) in [5.41, 5.74) is 4.31. The quantitative estimate of drug-likeness (QED) is 0.236. The summed E-state index contributed by atoms with van der Waals surface area (Å²) in [7, 11) is -16.8. The Bertz CT molecular complexity index is 951. The molecule has 16 nitrogen and oxygen atoms in total. The van der Waals surface area contributed by atoms with Crippen molar-refractivity contribution in [3.05, 3.63) is 22.7 Å². The Morgan fingerprint density at radius 1 is 1.21 bits per heavy atom. The maximum atomic E-state index is 14.2. The van der Waals surface area contributed by atoms with E-state index >= 15 is 0 Å². The van der Waals surface area contributed by atoms with Crippen LogP contribution in [0.4, 0.5) is 10.2 Å². The van der Waals surface area contributed by atoms with E-state index in [0.717, 1.165) is 12.3 Å². The molecule has 6 atom stereocenters. The highest BCUT2D eigenvalue weighted by molar-refractivity contribution is 7.66. The molecule has 1 aromatic rings. The van der Waals surface area contributed by atoms with Crippen LogP contribution < -0.4 is 11.4 Å². The summed E-state index contributed by atoms with van der Waals surface area (Å²) in [6, 6.07) is 1.16. The summed E-state index contributed by atoms with van der Waals surface area (Å²) in [6.07, 6.45) is -6.51. The van der Waals surface area contributed by atoms with Crippen LogP contribution in [0, 0.1) is 0 Å². The molecule has 0 saturated carbocycles. The van der Waals surface area contributed by atoms with E-state index < -0.39 is 60.4 Å². The predicted molar refractivity (Wildman–Crippen MR) is 87.5 cm³/mol. The van der Waals surface area contributed by atoms with Gasteiger partial charge in [-0.25, -0.2) is 22.9 Å². The molecule has 1 fully saturated rings. The fourth-order valence-corrected chi connectivity index (χ4v) is 5.19. The van der Waals surface area contributed by atoms with Crippen LogP contribution in [0.2, 0.25) is 0 Å². The molecule has 0 radical (unpaired) electrons. The number of ether oxygens (including phenoxy) is 1. The van der Waals surface area contributed by atoms with Crippen LogP contribution in [0.25, 0.3) is 0 Å². The van der Waals surface area contributed by atoms with Crippen molar-refractivity contribution >= 4 is 29.3 Å². The van der Waals surface area contributed by atoms with Crippen LogP contribution in [-0.4, -0.2) is 59.2 Å². The van der Waals surface area contributed by atoms with Gasteiger partial charge in [0.05, 0.1) is 6.61 Å². The summed E-state index contributed by atoms with van der Waals surface area (Å²) < 4.78 is 64.5. The third-order valence-corrected chi connectivity index (χ3v) is 7.03. The molecule has 7 N–H and O–H groups in total. The maximum Gasteiger partial charge on any atom is 0.490 e. The third-order valence-electron chi connectivity index (χ3n) is 3.23. The first-order chi connectivity index (χ1) is 13.1. The number of nitrogens with two attached hydrogens (primary N) is 1. The van der Waals surface area contributed by atoms with Gasteiger partial charge in [0.15, 0.2) is 12.4 Å². The van der Waals surface area contributed by atoms with Crippen LogP contribution in [0.1, 0.15) is 6.23 Å². The second kappa shape index (κ2) is 8.59. The number of rotatable bonds is 8. The van der Waals surface area contributed by atoms with Crippen LogP contribution in [-0.2, 0) is 31.6 Å². The van der Waals surface area contributed by atoms with Crippen molar-refractivity contribution in [2.75, 3.05) is 12.3 Å². The number of phosphoric ester groups is 1. The lowest BCUT2D eigenvalue weighted by Crippen LogP contribution is -2.34. The van der Waals surface area contributed by atoms with Gasteiger partial charge in [-0.05, 0) is 6.07 Å². The molecule has 0 amide bonds. The summed E-state index contributed by atoms with van der Waals surface area (Å²) in [5, 5.41) is 9.89. The largest absolute Gasteiger partial charge is 0.490 e. The first kappa shape index (κ1) is 24.2. The Morgan fingerprint density at radius 2 is 1.83 bits per heavy atom. The zero-order chi connectivity index (χ0) is 22.2. The minimum absolute atomic E-state index is 0.153. The molecular formula is C9H15FN3O13P3. The van der Waals surface area contributed by atoms with Crippen molar-refractivity contribution in [3.8, 4) is 0 Å². The minimum atomic E-state index is -5.75. The van der Waals surface area contributed by atoms with E-state index in [0.29, 0.717) is 4.57 Å². The smallest absolute Gasteiger partial charge is 0.385 e. The van der Waals surface area contributed by atoms with Gasteiger partial charge in [0.1, 0.15) is 18.0 Å². The highest BCUT2D eigenvalue weighted by Gasteiger charge is 2.47. The van der Waals surface area contributed by atoms with Crippen molar-refractivity contribution < 1.29 is 60.6 Å². The van der Waals surface area contributed by atoms with Crippen molar-refractivity contribution in [3.63, 3.8) is 0 Å². The molecule has 2 heterocycles. The minimum Gasteiger partial charge on any atom is -0.385 e. The highest BCUT2D eigenvalue weighted by Crippen LogP contribution is 2.66. The van der Waals surface area contributed by atoms with Crippen molar-refractivity contribution in [2.24, 2.45) is 0 Å². The van der Waals surface area contributed by atoms with E-state index in [9.17, 15) is 32.9 Å². The molecule has 20 heteroatoms. The molecule has 0 aliphatic carbocycles. The summed E-state index contributed by atoms with van der Waals surface area (Å²) in [5.74, 6) is -0.153. The molecular weight excluding hydrogens is 470 g/mol. The summed E-state index contributed by atoms with van der Waals surface area (Å²) >= 11 is 0. The standard InChI is InChI=1S/C9H15FN3O13P3/c10-6-4(3-23-28(19,20)26-29(21,22)25-27(16,17)18)24-8(7(6)14)13-2-1-5(11)12-9(13)15/h1-2,4,6-8,14H,3H2,(H,19,20)(H,21,22)(H2,11,12,15)(H2,16,17,18)/t4-,6-,7-,8-/m1/s1. The number of nitrogens with zero attached hydrogens (tertiary/aromatic N) is 2. The summed E-state index contributed by atoms with van der Waals surface area (Å²) in [4.78, 5) is 50.3. The van der Waals surface area contributed by atoms with E-state index in [1.165, 1.54) is 0 Å². The van der Waals surface area contributed by atoms with Crippen LogP contribution >= 0.6 is 23.5 Å². The molecule has 1 aromatic heterocycles. The van der Waals surface area contributed by atoms with Gasteiger partial charge >= 0.3 is 29.2 Å². The number of aliphatic hydroxyl groups excluding tert-OH is 1. The fraction of sp³-hybridized carbons (Fsp3) is 0.556. The molecule has 0 spiro atoms. The van der Waals surface area contributed by atoms with Crippen LogP contribution in [0.3, 0.4) is 0 Å². The highest BCUT2D eigenvalue weighted by atomic mass is 31.3. The Balaban J connectivity index is 2.05. The molecule has 2 unspecified atom stereocenters. The van der Waals surface area contributed by atoms with Gasteiger partial charge in [-0.15, -0.1) is 0 Å². The first-order valence-corrected chi connectivity index (χ1v) is 11.7. The van der Waals surface area contributed by atoms with Gasteiger partial charge in [0.25, 0.3) is 0 Å². The van der Waals surface area contributed by atoms with Gasteiger partial charge < -0.3 is 35.2 Å². The van der Waals surface area contributed by atoms with E-state index in [-0.39, 0.29) is 5.82 Å². The Hall–Kier alpha value is -1.06. The molecule has 1 aliphatic rings. The van der Waals surface area contributed by atoms with Gasteiger partial charge in [-0.1, -0.05) is 0 Å². The monoisotopic (exact) mass is 485 g/mol. The van der Waals surface area contributed by atoms with Gasteiger partial charge in [0, 0.05) is 6.20 Å². The molecule has 1 saturated heterocycles. The maximum absolute atomic E-state index is 14.2. The SMILES string of the molecule is Nc1ccn([C@@H]2O[C@H](COP(=O)(O)OP(=O)(O)OP(=O)(O)O)[C@@H](F)[C@H]2O)c(=O)n1. The van der Waals surface area contributed by atoms with E-state index in [1.54, 1.807) is 0 Å². The van der Waals surface area contributed by atoms with Crippen molar-refractivity contribution in [2.45, 2.75) is 24.6 Å². The second-order valence-electron chi connectivity index (χ2n) is 5.43. The fourth-order valence-electron chi connectivity index (χ4n) is 2.16. The lowest BCUT2D eigenvalue weighted by Gasteiger charge is -2.18. The van der Waals surface area contributed by atoms with Crippen LogP contribution in [0.15, 0.2) is 17.1 Å². The van der Waals surface area contributed by atoms with Crippen molar-refractivity contribution in [1.29, 1.82) is 0 Å². The Morgan fingerprint density at radius 3 is 2.38 bits per heavy atom. The topological polar surface area (TPSA) is 250 Å². The average Bonchev–Trinajstić information content (AvgIpc) is 2.78. The number of nitrogen functional groups attached to an aromatic ring is 1. The number of hydrogen-bond acceptors (Lipinski definition) is 11. The second-order valence-corrected chi connectivity index (χ2v) is 9.85. The third kappa shape index (κ3) is 6.72. The molecule has 2 rings (SSSR count). The normalized spacial score (nSPS) is 29.3. The Kier molecular flexibility index (Phi) is 7.17. The number of aromatic nitrogens is 2. The zero-order valence-corrected chi connectivity index (χ0v) is 16.5. The van der Waals surface area contributed by atoms with Crippen molar-refractivity contribution in [1.82, 2.24) is 9.55 Å². The number of aliphatic hydroxyl groups is 1. The van der Waals surface area contributed by atoms with E-state index in [1.807, 2.05) is 0 Å². The zero-order valence-electron chi connectivity index (χ0n) is 13.9. The van der Waals surface area contributed by atoms with E-state index in [2.05, 4.69) is 18.1 Å². The number of halogens is 1. The van der Waals surface area contributed by atoms with Gasteiger partial charge in [0.2, 0.25) is 0 Å². The van der Waals surface area contributed by atoms with E-state index in [4.69, 9.17) is 25.2 Å². The molecule has 0 aromatic carbocycles. The predicted octanol–water partition coefficient (Wildman–Crippen LogP) is -1.23. The average molecular weight is 485 g/mol. The number of alkyl halides is 1. The molecule has 1 aliphatic heterocycles. The van der Waals surface area contributed by atoms with Gasteiger partial charge in [-0.2, -0.15) is 13.6 Å². The van der Waals surface area contributed by atoms with Gasteiger partial charge in [-0.3, -0.25) is 9.09 Å². The van der Waals surface area contributed by atoms with Crippen LogP contribution in [0.5, 0.6) is 0 Å². The summed E-state index contributed by atoms with van der Waals surface area (Å²) in [6.45, 7) is -1.14. The molecule has 0 bridgehead atoms. The first-order valence-electron chi connectivity index (χ1n) is 7.21. The lowest BCUT2D eigenvalue weighted by molar-refractivity contribution is -0.0530. The lowest BCUT2D eigenvalue weighted by atomic mass is 10.1.